The Hall–Kier alpha value is -2.35. The second kappa shape index (κ2) is 7.28. The summed E-state index contributed by atoms with van der Waals surface area (Å²) in [5.41, 5.74) is 3.86. The van der Waals surface area contributed by atoms with Crippen LogP contribution < -0.4 is 0 Å². The van der Waals surface area contributed by atoms with E-state index in [0.717, 1.165) is 19.5 Å². The van der Waals surface area contributed by atoms with Gasteiger partial charge in [0.15, 0.2) is 0 Å². The van der Waals surface area contributed by atoms with Crippen molar-refractivity contribution >= 4 is 11.5 Å². The maximum Gasteiger partial charge on any atom is 0.223 e. The van der Waals surface area contributed by atoms with E-state index in [1.807, 2.05) is 29.2 Å². The summed E-state index contributed by atoms with van der Waals surface area (Å²) in [4.78, 5) is 14.5. The first-order valence-corrected chi connectivity index (χ1v) is 8.31. The van der Waals surface area contributed by atoms with Gasteiger partial charge >= 0.3 is 0 Å². The van der Waals surface area contributed by atoms with Gasteiger partial charge in [0.25, 0.3) is 0 Å². The number of carbonyl (C=O) groups is 1. The van der Waals surface area contributed by atoms with Gasteiger partial charge in [-0.05, 0) is 29.0 Å². The summed E-state index contributed by atoms with van der Waals surface area (Å²) in [6.45, 7) is 3.67. The van der Waals surface area contributed by atoms with E-state index in [1.165, 1.54) is 16.7 Å². The molecule has 2 aromatic rings. The van der Waals surface area contributed by atoms with Crippen molar-refractivity contribution < 1.29 is 4.79 Å². The minimum atomic E-state index is 0.254. The first-order chi connectivity index (χ1) is 11.2. The summed E-state index contributed by atoms with van der Waals surface area (Å²) in [6, 6.07) is 20.7. The Labute approximate surface area is 138 Å². The molecule has 0 fully saturated rings. The number of benzene rings is 2. The largest absolute Gasteiger partial charge is 0.339 e. The molecule has 1 amide bonds. The number of amides is 1. The predicted molar refractivity (Wildman–Crippen MR) is 95.1 cm³/mol. The second-order valence-corrected chi connectivity index (χ2v) is 6.20. The average molecular weight is 305 g/mol. The van der Waals surface area contributed by atoms with Crippen LogP contribution >= 0.6 is 0 Å². The first kappa shape index (κ1) is 15.5. The van der Waals surface area contributed by atoms with E-state index in [-0.39, 0.29) is 11.8 Å². The molecule has 1 atom stereocenters. The van der Waals surface area contributed by atoms with E-state index >= 15 is 0 Å². The Morgan fingerprint density at radius 2 is 1.70 bits per heavy atom. The minimum Gasteiger partial charge on any atom is -0.339 e. The molecule has 0 saturated heterocycles. The lowest BCUT2D eigenvalue weighted by molar-refractivity contribution is -0.131. The molecule has 2 nitrogen and oxygen atoms in total. The third-order valence-corrected chi connectivity index (χ3v) is 4.56. The molecule has 0 saturated carbocycles. The average Bonchev–Trinajstić information content (AvgIpc) is 2.63. The summed E-state index contributed by atoms with van der Waals surface area (Å²) < 4.78 is 0. The first-order valence-electron chi connectivity index (χ1n) is 8.31. The molecule has 0 spiro atoms. The van der Waals surface area contributed by atoms with Crippen molar-refractivity contribution in [2.24, 2.45) is 0 Å². The molecule has 1 heterocycles. The van der Waals surface area contributed by atoms with Crippen LogP contribution in [0.3, 0.4) is 0 Å². The Kier molecular flexibility index (Phi) is 4.92. The molecule has 0 N–H and O–H groups in total. The zero-order valence-electron chi connectivity index (χ0n) is 13.6. The molecule has 0 aromatic heterocycles. The van der Waals surface area contributed by atoms with Crippen LogP contribution in [0.2, 0.25) is 0 Å². The van der Waals surface area contributed by atoms with Crippen molar-refractivity contribution in [2.45, 2.75) is 25.7 Å². The van der Waals surface area contributed by atoms with Gasteiger partial charge in [-0.25, -0.2) is 0 Å². The Morgan fingerprint density at radius 1 is 1.04 bits per heavy atom. The van der Waals surface area contributed by atoms with E-state index in [4.69, 9.17) is 0 Å². The zero-order chi connectivity index (χ0) is 16.1. The van der Waals surface area contributed by atoms with Crippen LogP contribution in [-0.4, -0.2) is 23.9 Å². The van der Waals surface area contributed by atoms with E-state index in [1.54, 1.807) is 0 Å². The number of hydrogen-bond donors (Lipinski definition) is 0. The highest BCUT2D eigenvalue weighted by Crippen LogP contribution is 2.24. The van der Waals surface area contributed by atoms with E-state index < -0.39 is 0 Å². The molecular formula is C21H23NO. The number of hydrogen-bond acceptors (Lipinski definition) is 1. The fourth-order valence-electron chi connectivity index (χ4n) is 3.10. The predicted octanol–water partition coefficient (Wildman–Crippen LogP) is 4.50. The van der Waals surface area contributed by atoms with Gasteiger partial charge in [-0.15, -0.1) is 0 Å². The Bertz CT molecular complexity index is 676. The third-order valence-electron chi connectivity index (χ3n) is 4.56. The fourth-order valence-corrected chi connectivity index (χ4v) is 3.10. The standard InChI is InChI=1S/C21H23NO/c1-17(18-8-4-2-5-9-18)16-21(23)22-14-12-20(13-15-22)19-10-6-3-7-11-19/h2-12,17H,13-16H2,1H3. The molecule has 1 aliphatic heterocycles. The molecular weight excluding hydrogens is 282 g/mol. The van der Waals surface area contributed by atoms with Crippen molar-refractivity contribution in [1.29, 1.82) is 0 Å². The molecule has 0 bridgehead atoms. The highest BCUT2D eigenvalue weighted by molar-refractivity contribution is 5.79. The van der Waals surface area contributed by atoms with Gasteiger partial charge < -0.3 is 4.90 Å². The van der Waals surface area contributed by atoms with Crippen molar-refractivity contribution in [3.05, 3.63) is 77.9 Å². The molecule has 118 valence electrons. The van der Waals surface area contributed by atoms with Gasteiger partial charge in [-0.3, -0.25) is 4.79 Å². The molecule has 2 heteroatoms. The minimum absolute atomic E-state index is 0.254. The Morgan fingerprint density at radius 3 is 2.30 bits per heavy atom. The van der Waals surface area contributed by atoms with Crippen molar-refractivity contribution in [3.63, 3.8) is 0 Å². The summed E-state index contributed by atoms with van der Waals surface area (Å²) >= 11 is 0. The van der Waals surface area contributed by atoms with Gasteiger partial charge in [0.2, 0.25) is 5.91 Å². The zero-order valence-corrected chi connectivity index (χ0v) is 13.6. The summed E-state index contributed by atoms with van der Waals surface area (Å²) in [7, 11) is 0. The number of nitrogens with zero attached hydrogens (tertiary/aromatic N) is 1. The topological polar surface area (TPSA) is 20.3 Å². The third kappa shape index (κ3) is 3.89. The van der Waals surface area contributed by atoms with Gasteiger partial charge in [-0.2, -0.15) is 0 Å². The van der Waals surface area contributed by atoms with E-state index in [0.29, 0.717) is 6.42 Å². The molecule has 2 aromatic carbocycles. The fraction of sp³-hybridized carbons (Fsp3) is 0.286. The smallest absolute Gasteiger partial charge is 0.223 e. The number of carbonyl (C=O) groups excluding carboxylic acids is 1. The summed E-state index contributed by atoms with van der Waals surface area (Å²) in [6.07, 6.45) is 3.72. The van der Waals surface area contributed by atoms with Crippen LogP contribution in [0.15, 0.2) is 66.7 Å². The lowest BCUT2D eigenvalue weighted by Gasteiger charge is -2.28. The van der Waals surface area contributed by atoms with E-state index in [9.17, 15) is 4.79 Å². The molecule has 0 aliphatic carbocycles. The van der Waals surface area contributed by atoms with Crippen molar-refractivity contribution in [3.8, 4) is 0 Å². The van der Waals surface area contributed by atoms with Crippen LogP contribution in [0.5, 0.6) is 0 Å². The van der Waals surface area contributed by atoms with Crippen LogP contribution in [-0.2, 0) is 4.79 Å². The van der Waals surface area contributed by atoms with Crippen molar-refractivity contribution in [2.75, 3.05) is 13.1 Å². The summed E-state index contributed by atoms with van der Waals surface area (Å²) in [5, 5.41) is 0. The second-order valence-electron chi connectivity index (χ2n) is 6.20. The molecule has 3 rings (SSSR count). The van der Waals surface area contributed by atoms with Gasteiger partial charge in [0.1, 0.15) is 0 Å². The van der Waals surface area contributed by atoms with Crippen molar-refractivity contribution in [1.82, 2.24) is 4.90 Å². The number of rotatable bonds is 4. The molecule has 1 unspecified atom stereocenters. The molecule has 0 radical (unpaired) electrons. The van der Waals surface area contributed by atoms with Crippen LogP contribution in [0.4, 0.5) is 0 Å². The SMILES string of the molecule is CC(CC(=O)N1CC=C(c2ccccc2)CC1)c1ccccc1. The van der Waals surface area contributed by atoms with Crippen LogP contribution in [0.1, 0.15) is 36.8 Å². The van der Waals surface area contributed by atoms with E-state index in [2.05, 4.69) is 49.4 Å². The lowest BCUT2D eigenvalue weighted by atomic mass is 9.96. The van der Waals surface area contributed by atoms with Crippen LogP contribution in [0.25, 0.3) is 5.57 Å². The normalized spacial score (nSPS) is 15.9. The maximum atomic E-state index is 12.5. The molecule has 1 aliphatic rings. The monoisotopic (exact) mass is 305 g/mol. The summed E-state index contributed by atoms with van der Waals surface area (Å²) in [5.74, 6) is 0.521. The quantitative estimate of drug-likeness (QED) is 0.814. The maximum absolute atomic E-state index is 12.5. The van der Waals surface area contributed by atoms with Gasteiger partial charge in [-0.1, -0.05) is 73.7 Å². The van der Waals surface area contributed by atoms with Gasteiger partial charge in [0, 0.05) is 19.5 Å². The lowest BCUT2D eigenvalue weighted by Crippen LogP contribution is -2.35. The molecule has 23 heavy (non-hydrogen) atoms. The van der Waals surface area contributed by atoms with Gasteiger partial charge in [0.05, 0.1) is 0 Å². The highest BCUT2D eigenvalue weighted by atomic mass is 16.2. The Balaban J connectivity index is 1.59. The van der Waals surface area contributed by atoms with Crippen LogP contribution in [0, 0.1) is 0 Å². The highest BCUT2D eigenvalue weighted by Gasteiger charge is 2.20.